The van der Waals surface area contributed by atoms with E-state index in [1.165, 1.54) is 4.57 Å². The topological polar surface area (TPSA) is 98.8 Å². The van der Waals surface area contributed by atoms with E-state index in [2.05, 4.69) is 20.3 Å². The zero-order chi connectivity index (χ0) is 22.1. The minimum atomic E-state index is -4.54. The van der Waals surface area contributed by atoms with Gasteiger partial charge in [0.2, 0.25) is 11.1 Å². The van der Waals surface area contributed by atoms with Crippen LogP contribution in [-0.2, 0) is 12.7 Å². The maximum absolute atomic E-state index is 13.1. The summed E-state index contributed by atoms with van der Waals surface area (Å²) in [6, 6.07) is 6.43. The van der Waals surface area contributed by atoms with E-state index in [9.17, 15) is 23.3 Å². The molecule has 2 heterocycles. The lowest BCUT2D eigenvalue weighted by molar-refractivity contribution is -0.384. The van der Waals surface area contributed by atoms with Gasteiger partial charge < -0.3 is 9.88 Å². The average Bonchev–Trinajstić information content (AvgIpc) is 3.13. The van der Waals surface area contributed by atoms with Gasteiger partial charge in [0.15, 0.2) is 5.69 Å². The summed E-state index contributed by atoms with van der Waals surface area (Å²) in [6.45, 7) is 3.72. The minimum Gasteiger partial charge on any atom is -0.360 e. The van der Waals surface area contributed by atoms with Gasteiger partial charge in [0.1, 0.15) is 12.0 Å². The first-order valence-corrected chi connectivity index (χ1v) is 9.10. The van der Waals surface area contributed by atoms with Crippen molar-refractivity contribution in [2.75, 3.05) is 5.32 Å². The van der Waals surface area contributed by atoms with Crippen LogP contribution in [-0.4, -0.2) is 24.4 Å². The molecule has 3 rings (SSSR count). The molecule has 0 aliphatic rings. The smallest absolute Gasteiger partial charge is 0.360 e. The molecule has 2 aromatic heterocycles. The second-order valence-electron chi connectivity index (χ2n) is 6.63. The Morgan fingerprint density at radius 1 is 1.23 bits per heavy atom. The molecule has 0 atom stereocenters. The van der Waals surface area contributed by atoms with E-state index in [4.69, 9.17) is 11.6 Å². The van der Waals surface area contributed by atoms with Crippen LogP contribution in [0.3, 0.4) is 0 Å². The van der Waals surface area contributed by atoms with Crippen molar-refractivity contribution >= 4 is 23.1 Å². The number of hydrogen-bond donors (Lipinski definition) is 1. The van der Waals surface area contributed by atoms with Gasteiger partial charge in [-0.1, -0.05) is 24.3 Å². The summed E-state index contributed by atoms with van der Waals surface area (Å²) in [4.78, 5) is 21.6. The second kappa shape index (κ2) is 8.27. The van der Waals surface area contributed by atoms with E-state index in [1.54, 1.807) is 38.1 Å². The van der Waals surface area contributed by atoms with Crippen molar-refractivity contribution in [1.29, 1.82) is 0 Å². The number of imidazole rings is 1. The molecule has 0 saturated carbocycles. The third-order valence-corrected chi connectivity index (χ3v) is 4.37. The Bertz CT molecular complexity index is 1070. The standard InChI is InChI=1S/C18H16ClF3N6O2/c1-10(2)27-9-14(18(20,21)22)25-16(27)12-5-3-11(4-6-12)7-23-15-13(28(29)30)8-24-17(19)26-15/h3-6,8-10H,7H2,1-2H3,(H,23,24,26). The molecule has 0 aliphatic heterocycles. The molecule has 158 valence electrons. The average molecular weight is 441 g/mol. The van der Waals surface area contributed by atoms with E-state index in [0.717, 1.165) is 18.0 Å². The van der Waals surface area contributed by atoms with Crippen molar-refractivity contribution in [3.05, 3.63) is 63.3 Å². The molecule has 0 fully saturated rings. The van der Waals surface area contributed by atoms with Crippen LogP contribution in [0.2, 0.25) is 5.28 Å². The number of hydrogen-bond acceptors (Lipinski definition) is 6. The Labute approximate surface area is 173 Å². The minimum absolute atomic E-state index is 0.0331. The van der Waals surface area contributed by atoms with Crippen LogP contribution in [0.5, 0.6) is 0 Å². The van der Waals surface area contributed by atoms with Gasteiger partial charge in [-0.25, -0.2) is 9.97 Å². The molecule has 12 heteroatoms. The lowest BCUT2D eigenvalue weighted by atomic mass is 10.1. The third kappa shape index (κ3) is 4.67. The molecule has 0 spiro atoms. The van der Waals surface area contributed by atoms with Gasteiger partial charge >= 0.3 is 11.9 Å². The number of nitrogens with one attached hydrogen (secondary N) is 1. The number of nitrogens with zero attached hydrogens (tertiary/aromatic N) is 5. The largest absolute Gasteiger partial charge is 0.434 e. The van der Waals surface area contributed by atoms with Crippen molar-refractivity contribution in [2.45, 2.75) is 32.6 Å². The highest BCUT2D eigenvalue weighted by atomic mass is 35.5. The van der Waals surface area contributed by atoms with E-state index >= 15 is 0 Å². The SMILES string of the molecule is CC(C)n1cc(C(F)(F)F)nc1-c1ccc(CNc2nc(Cl)ncc2[N+](=O)[O-])cc1. The fourth-order valence-electron chi connectivity index (χ4n) is 2.71. The van der Waals surface area contributed by atoms with Crippen molar-refractivity contribution < 1.29 is 18.1 Å². The number of benzene rings is 1. The quantitative estimate of drug-likeness (QED) is 0.325. The highest BCUT2D eigenvalue weighted by Gasteiger charge is 2.35. The van der Waals surface area contributed by atoms with Crippen LogP contribution in [0.15, 0.2) is 36.7 Å². The van der Waals surface area contributed by atoms with Crippen molar-refractivity contribution in [1.82, 2.24) is 19.5 Å². The summed E-state index contributed by atoms with van der Waals surface area (Å²) >= 11 is 5.69. The summed E-state index contributed by atoms with van der Waals surface area (Å²) in [5.74, 6) is 0.171. The summed E-state index contributed by atoms with van der Waals surface area (Å²) < 4.78 is 40.6. The Hall–Kier alpha value is -3.21. The molecular weight excluding hydrogens is 425 g/mol. The van der Waals surface area contributed by atoms with E-state index < -0.39 is 16.8 Å². The maximum atomic E-state index is 13.1. The predicted octanol–water partition coefficient (Wildman–Crippen LogP) is 5.11. The Morgan fingerprint density at radius 2 is 1.90 bits per heavy atom. The monoisotopic (exact) mass is 440 g/mol. The molecule has 0 radical (unpaired) electrons. The van der Waals surface area contributed by atoms with Gasteiger partial charge in [0.05, 0.1) is 4.92 Å². The molecule has 1 aromatic carbocycles. The fourth-order valence-corrected chi connectivity index (χ4v) is 2.85. The van der Waals surface area contributed by atoms with Gasteiger partial charge in [-0.05, 0) is 31.0 Å². The van der Waals surface area contributed by atoms with Crippen molar-refractivity contribution in [3.8, 4) is 11.4 Å². The van der Waals surface area contributed by atoms with Gasteiger partial charge in [-0.3, -0.25) is 10.1 Å². The van der Waals surface area contributed by atoms with Crippen LogP contribution in [0.1, 0.15) is 31.1 Å². The van der Waals surface area contributed by atoms with Gasteiger partial charge in [-0.15, -0.1) is 0 Å². The number of halogens is 4. The van der Waals surface area contributed by atoms with Crippen molar-refractivity contribution in [2.24, 2.45) is 0 Å². The molecule has 0 aliphatic carbocycles. The van der Waals surface area contributed by atoms with E-state index in [-0.39, 0.29) is 35.2 Å². The van der Waals surface area contributed by atoms with Crippen LogP contribution < -0.4 is 5.32 Å². The lowest BCUT2D eigenvalue weighted by Gasteiger charge is -2.12. The first kappa shape index (κ1) is 21.5. The Balaban J connectivity index is 1.82. The normalized spacial score (nSPS) is 11.7. The molecule has 0 saturated heterocycles. The van der Waals surface area contributed by atoms with Crippen molar-refractivity contribution in [3.63, 3.8) is 0 Å². The molecule has 8 nitrogen and oxygen atoms in total. The van der Waals surface area contributed by atoms with E-state index in [1.807, 2.05) is 0 Å². The van der Waals surface area contributed by atoms with Crippen LogP contribution in [0.25, 0.3) is 11.4 Å². The molecule has 3 aromatic rings. The first-order chi connectivity index (χ1) is 14.1. The first-order valence-electron chi connectivity index (χ1n) is 8.72. The predicted molar refractivity (Wildman–Crippen MR) is 104 cm³/mol. The summed E-state index contributed by atoms with van der Waals surface area (Å²) in [6.07, 6.45) is -2.54. The lowest BCUT2D eigenvalue weighted by Crippen LogP contribution is -2.06. The highest BCUT2D eigenvalue weighted by Crippen LogP contribution is 2.32. The Kier molecular flexibility index (Phi) is 5.92. The van der Waals surface area contributed by atoms with Gasteiger partial charge in [-0.2, -0.15) is 18.2 Å². The van der Waals surface area contributed by atoms with Gasteiger partial charge in [0, 0.05) is 24.3 Å². The molecule has 0 amide bonds. The maximum Gasteiger partial charge on any atom is 0.434 e. The number of anilines is 1. The summed E-state index contributed by atoms with van der Waals surface area (Å²) in [5, 5.41) is 13.7. The number of alkyl halides is 3. The van der Waals surface area contributed by atoms with E-state index in [0.29, 0.717) is 5.56 Å². The Morgan fingerprint density at radius 3 is 2.47 bits per heavy atom. The van der Waals surface area contributed by atoms with Gasteiger partial charge in [0.25, 0.3) is 0 Å². The number of aromatic nitrogens is 4. The summed E-state index contributed by atoms with van der Waals surface area (Å²) in [5.41, 5.74) is -0.0416. The molecule has 0 unspecified atom stereocenters. The zero-order valence-electron chi connectivity index (χ0n) is 15.8. The second-order valence-corrected chi connectivity index (χ2v) is 6.97. The summed E-state index contributed by atoms with van der Waals surface area (Å²) in [7, 11) is 0. The third-order valence-electron chi connectivity index (χ3n) is 4.19. The number of nitro groups is 1. The molecule has 30 heavy (non-hydrogen) atoms. The molecule has 1 N–H and O–H groups in total. The highest BCUT2D eigenvalue weighted by molar-refractivity contribution is 6.28. The fraction of sp³-hybridized carbons (Fsp3) is 0.278. The van der Waals surface area contributed by atoms with Crippen LogP contribution in [0.4, 0.5) is 24.7 Å². The zero-order valence-corrected chi connectivity index (χ0v) is 16.6. The van der Waals surface area contributed by atoms with Crippen LogP contribution in [0, 0.1) is 10.1 Å². The molecular formula is C18H16ClF3N6O2. The van der Waals surface area contributed by atoms with Crippen LogP contribution >= 0.6 is 11.6 Å². The number of rotatable bonds is 6. The molecule has 0 bridgehead atoms.